The van der Waals surface area contributed by atoms with Crippen molar-refractivity contribution in [2.45, 2.75) is 0 Å². The molecule has 0 radical (unpaired) electrons. The lowest BCUT2D eigenvalue weighted by atomic mass is 10.3. The van der Waals surface area contributed by atoms with Crippen molar-refractivity contribution in [1.29, 1.82) is 0 Å². The van der Waals surface area contributed by atoms with E-state index >= 15 is 0 Å². The second-order valence-corrected chi connectivity index (χ2v) is 2.97. The Kier molecular flexibility index (Phi) is 4.04. The molecule has 0 fully saturated rings. The highest BCUT2D eigenvalue weighted by Crippen LogP contribution is 2.14. The molecule has 0 aliphatic rings. The van der Waals surface area contributed by atoms with Gasteiger partial charge in [-0.25, -0.2) is 4.79 Å². The minimum absolute atomic E-state index is 0.0713. The number of nitro groups is 1. The standard InChI is InChI=1S/C10H10N2O5/c1-17-10(14)9(12(15)16)6-11-7-2-4-8(13)5-3-7/h2-6,11,13H,1H3/b9-6+. The van der Waals surface area contributed by atoms with Crippen LogP contribution in [0, 0.1) is 10.1 Å². The second-order valence-electron chi connectivity index (χ2n) is 2.97. The van der Waals surface area contributed by atoms with E-state index in [2.05, 4.69) is 10.1 Å². The van der Waals surface area contributed by atoms with Crippen molar-refractivity contribution in [3.05, 3.63) is 46.3 Å². The third kappa shape index (κ3) is 3.49. The maximum atomic E-state index is 11.0. The maximum absolute atomic E-state index is 11.0. The Morgan fingerprint density at radius 1 is 1.47 bits per heavy atom. The fraction of sp³-hybridized carbons (Fsp3) is 0.100. The zero-order valence-electron chi connectivity index (χ0n) is 8.91. The summed E-state index contributed by atoms with van der Waals surface area (Å²) in [5, 5.41) is 22.1. The molecule has 0 unspecified atom stereocenters. The molecule has 0 aliphatic heterocycles. The van der Waals surface area contributed by atoms with Gasteiger partial charge in [-0.1, -0.05) is 0 Å². The molecular weight excluding hydrogens is 228 g/mol. The number of nitrogens with one attached hydrogen (secondary N) is 1. The molecule has 0 aliphatic carbocycles. The molecule has 1 aromatic carbocycles. The number of benzene rings is 1. The first kappa shape index (κ1) is 12.5. The number of rotatable bonds is 4. The minimum Gasteiger partial charge on any atom is -0.508 e. The van der Waals surface area contributed by atoms with Crippen LogP contribution in [0.2, 0.25) is 0 Å². The van der Waals surface area contributed by atoms with Gasteiger partial charge in [0, 0.05) is 5.69 Å². The topological polar surface area (TPSA) is 102 Å². The smallest absolute Gasteiger partial charge is 0.411 e. The number of hydrogen-bond donors (Lipinski definition) is 2. The summed E-state index contributed by atoms with van der Waals surface area (Å²) in [4.78, 5) is 20.7. The number of anilines is 1. The van der Waals surface area contributed by atoms with Crippen LogP contribution in [0.5, 0.6) is 5.75 Å². The first-order valence-electron chi connectivity index (χ1n) is 4.53. The van der Waals surface area contributed by atoms with Gasteiger partial charge < -0.3 is 15.2 Å². The number of nitrogens with zero attached hydrogens (tertiary/aromatic N) is 1. The third-order valence-corrected chi connectivity index (χ3v) is 1.83. The lowest BCUT2D eigenvalue weighted by Gasteiger charge is -2.01. The fourth-order valence-electron chi connectivity index (χ4n) is 1.00. The van der Waals surface area contributed by atoms with Gasteiger partial charge in [0.1, 0.15) is 5.75 Å². The summed E-state index contributed by atoms with van der Waals surface area (Å²) in [6, 6.07) is 5.81. The summed E-state index contributed by atoms with van der Waals surface area (Å²) in [6.45, 7) is 0. The maximum Gasteiger partial charge on any atom is 0.411 e. The van der Waals surface area contributed by atoms with Crippen molar-refractivity contribution in [3.8, 4) is 5.75 Å². The van der Waals surface area contributed by atoms with E-state index in [9.17, 15) is 14.9 Å². The Bertz CT molecular complexity index is 452. The molecule has 0 spiro atoms. The highest BCUT2D eigenvalue weighted by atomic mass is 16.6. The van der Waals surface area contributed by atoms with Crippen LogP contribution in [0.15, 0.2) is 36.2 Å². The number of aromatic hydroxyl groups is 1. The summed E-state index contributed by atoms with van der Waals surface area (Å²) in [6.07, 6.45) is 0.929. The molecule has 7 nitrogen and oxygen atoms in total. The molecule has 90 valence electrons. The largest absolute Gasteiger partial charge is 0.508 e. The molecule has 7 heteroatoms. The zero-order valence-corrected chi connectivity index (χ0v) is 8.91. The minimum atomic E-state index is -1.04. The normalized spacial score (nSPS) is 10.8. The molecule has 0 atom stereocenters. The number of carbonyl (C=O) groups excluding carboxylic acids is 1. The van der Waals surface area contributed by atoms with Crippen LogP contribution >= 0.6 is 0 Å². The van der Waals surface area contributed by atoms with Crippen LogP contribution in [0.3, 0.4) is 0 Å². The second kappa shape index (κ2) is 5.50. The van der Waals surface area contributed by atoms with Crippen LogP contribution < -0.4 is 5.32 Å². The van der Waals surface area contributed by atoms with Crippen molar-refractivity contribution >= 4 is 11.7 Å². The molecular formula is C10H10N2O5. The average molecular weight is 238 g/mol. The predicted molar refractivity (Wildman–Crippen MR) is 58.8 cm³/mol. The first-order chi connectivity index (χ1) is 8.04. The van der Waals surface area contributed by atoms with Gasteiger partial charge >= 0.3 is 11.7 Å². The number of methoxy groups -OCH3 is 1. The van der Waals surface area contributed by atoms with E-state index in [1.807, 2.05) is 0 Å². The van der Waals surface area contributed by atoms with E-state index in [4.69, 9.17) is 5.11 Å². The van der Waals surface area contributed by atoms with E-state index in [1.165, 1.54) is 24.3 Å². The Morgan fingerprint density at radius 2 is 2.06 bits per heavy atom. The Morgan fingerprint density at radius 3 is 2.53 bits per heavy atom. The molecule has 2 N–H and O–H groups in total. The molecule has 0 amide bonds. The molecule has 17 heavy (non-hydrogen) atoms. The van der Waals surface area contributed by atoms with Crippen molar-refractivity contribution in [3.63, 3.8) is 0 Å². The number of phenolic OH excluding ortho intramolecular Hbond substituents is 1. The van der Waals surface area contributed by atoms with E-state index in [0.717, 1.165) is 13.3 Å². The van der Waals surface area contributed by atoms with Crippen molar-refractivity contribution in [2.24, 2.45) is 0 Å². The lowest BCUT2D eigenvalue weighted by Crippen LogP contribution is -2.14. The molecule has 0 bridgehead atoms. The van der Waals surface area contributed by atoms with E-state index in [0.29, 0.717) is 5.69 Å². The monoisotopic (exact) mass is 238 g/mol. The highest BCUT2D eigenvalue weighted by Gasteiger charge is 2.22. The SMILES string of the molecule is COC(=O)/C(=C\Nc1ccc(O)cc1)[N+](=O)[O-]. The van der Waals surface area contributed by atoms with Gasteiger partial charge in [-0.3, -0.25) is 10.1 Å². The van der Waals surface area contributed by atoms with Crippen molar-refractivity contribution in [2.75, 3.05) is 12.4 Å². The Labute approximate surface area is 96.5 Å². The van der Waals surface area contributed by atoms with Gasteiger partial charge in [-0.2, -0.15) is 0 Å². The van der Waals surface area contributed by atoms with Gasteiger partial charge in [0.2, 0.25) is 0 Å². The average Bonchev–Trinajstić information content (AvgIpc) is 2.31. The molecule has 0 saturated heterocycles. The number of hydrogen-bond acceptors (Lipinski definition) is 6. The highest BCUT2D eigenvalue weighted by molar-refractivity contribution is 5.86. The van der Waals surface area contributed by atoms with E-state index < -0.39 is 16.6 Å². The van der Waals surface area contributed by atoms with Crippen molar-refractivity contribution in [1.82, 2.24) is 0 Å². The van der Waals surface area contributed by atoms with E-state index in [-0.39, 0.29) is 5.75 Å². The first-order valence-corrected chi connectivity index (χ1v) is 4.53. The molecule has 0 aromatic heterocycles. The summed E-state index contributed by atoms with van der Waals surface area (Å²) < 4.78 is 4.25. The third-order valence-electron chi connectivity index (χ3n) is 1.83. The van der Waals surface area contributed by atoms with Crippen LogP contribution in [0.1, 0.15) is 0 Å². The number of phenols is 1. The molecule has 0 heterocycles. The Balaban J connectivity index is 2.83. The van der Waals surface area contributed by atoms with Gasteiger partial charge in [0.15, 0.2) is 0 Å². The molecule has 1 aromatic rings. The summed E-state index contributed by atoms with van der Waals surface area (Å²) in [5.41, 5.74) is -0.216. The summed E-state index contributed by atoms with van der Waals surface area (Å²) in [7, 11) is 1.06. The van der Waals surface area contributed by atoms with Gasteiger partial charge in [-0.05, 0) is 24.3 Å². The Hall–Kier alpha value is -2.57. The van der Waals surface area contributed by atoms with Crippen LogP contribution in [-0.2, 0) is 9.53 Å². The number of esters is 1. The van der Waals surface area contributed by atoms with E-state index in [1.54, 1.807) is 0 Å². The van der Waals surface area contributed by atoms with Gasteiger partial charge in [0.05, 0.1) is 18.2 Å². The van der Waals surface area contributed by atoms with Gasteiger partial charge in [0.25, 0.3) is 0 Å². The van der Waals surface area contributed by atoms with Crippen LogP contribution in [0.4, 0.5) is 5.69 Å². The fourth-order valence-corrected chi connectivity index (χ4v) is 1.00. The number of ether oxygens (including phenoxy) is 1. The zero-order chi connectivity index (χ0) is 12.8. The predicted octanol–water partition coefficient (Wildman–Crippen LogP) is 1.10. The molecule has 1 rings (SSSR count). The quantitative estimate of drug-likeness (QED) is 0.268. The summed E-state index contributed by atoms with van der Waals surface area (Å²) in [5.74, 6) is -0.969. The van der Waals surface area contributed by atoms with Crippen LogP contribution in [0.25, 0.3) is 0 Å². The van der Waals surface area contributed by atoms with Gasteiger partial charge in [-0.15, -0.1) is 0 Å². The lowest BCUT2D eigenvalue weighted by molar-refractivity contribution is -0.421. The van der Waals surface area contributed by atoms with Crippen LogP contribution in [-0.4, -0.2) is 23.1 Å². The number of carbonyl (C=O) groups is 1. The van der Waals surface area contributed by atoms with Crippen molar-refractivity contribution < 1.29 is 19.6 Å². The summed E-state index contributed by atoms with van der Waals surface area (Å²) >= 11 is 0. The molecule has 0 saturated carbocycles.